The second-order valence-corrected chi connectivity index (χ2v) is 4.51. The second kappa shape index (κ2) is 4.65. The molecule has 0 saturated carbocycles. The number of aromatic nitrogens is 2. The molecule has 0 aliphatic carbocycles. The number of carbonyl (C=O) groups excluding carboxylic acids is 1. The quantitative estimate of drug-likeness (QED) is 0.769. The third-order valence-corrected chi connectivity index (χ3v) is 3.23. The Kier molecular flexibility index (Phi) is 3.24. The molecule has 0 radical (unpaired) electrons. The van der Waals surface area contributed by atoms with Gasteiger partial charge in [0.15, 0.2) is 4.96 Å². The fourth-order valence-electron chi connectivity index (χ4n) is 1.44. The van der Waals surface area contributed by atoms with E-state index in [1.807, 2.05) is 24.4 Å². The van der Waals surface area contributed by atoms with E-state index in [9.17, 15) is 4.79 Å². The van der Waals surface area contributed by atoms with Gasteiger partial charge in [-0.3, -0.25) is 9.20 Å². The molecule has 0 spiro atoms. The Morgan fingerprint density at radius 1 is 1.62 bits per heavy atom. The van der Waals surface area contributed by atoms with Crippen LogP contribution in [-0.4, -0.2) is 15.4 Å². The van der Waals surface area contributed by atoms with Crippen molar-refractivity contribution < 1.29 is 9.53 Å². The average molecular weight is 238 g/mol. The van der Waals surface area contributed by atoms with Crippen molar-refractivity contribution in [2.24, 2.45) is 0 Å². The molecule has 5 heteroatoms. The standard InChI is InChI=1S/C11H14N2O2S/c1-3-4-10(14)15-6-9-5-13-8(2)7-16-11(13)12-9/h5,7H,3-4,6H2,1-2H3. The fourth-order valence-corrected chi connectivity index (χ4v) is 2.31. The highest BCUT2D eigenvalue weighted by Gasteiger charge is 2.07. The topological polar surface area (TPSA) is 43.6 Å². The highest BCUT2D eigenvalue weighted by atomic mass is 32.1. The predicted molar refractivity (Wildman–Crippen MR) is 62.5 cm³/mol. The Morgan fingerprint density at radius 3 is 3.12 bits per heavy atom. The first-order chi connectivity index (χ1) is 7.70. The Labute approximate surface area is 97.9 Å². The van der Waals surface area contributed by atoms with Crippen LogP contribution in [0.1, 0.15) is 31.2 Å². The normalized spacial score (nSPS) is 10.9. The zero-order valence-corrected chi connectivity index (χ0v) is 10.2. The first-order valence-corrected chi connectivity index (χ1v) is 6.16. The number of rotatable bonds is 4. The number of nitrogens with zero attached hydrogens (tertiary/aromatic N) is 2. The summed E-state index contributed by atoms with van der Waals surface area (Å²) < 4.78 is 7.10. The molecule has 16 heavy (non-hydrogen) atoms. The van der Waals surface area contributed by atoms with Crippen LogP contribution in [0.3, 0.4) is 0 Å². The molecule has 4 nitrogen and oxygen atoms in total. The van der Waals surface area contributed by atoms with Crippen LogP contribution in [0.4, 0.5) is 0 Å². The van der Waals surface area contributed by atoms with E-state index < -0.39 is 0 Å². The lowest BCUT2D eigenvalue weighted by Crippen LogP contribution is -2.03. The minimum atomic E-state index is -0.157. The van der Waals surface area contributed by atoms with Crippen molar-refractivity contribution in [2.45, 2.75) is 33.3 Å². The summed E-state index contributed by atoms with van der Waals surface area (Å²) in [5.74, 6) is -0.157. The van der Waals surface area contributed by atoms with Gasteiger partial charge in [0, 0.05) is 23.7 Å². The molecule has 0 unspecified atom stereocenters. The number of fused-ring (bicyclic) bond motifs is 1. The maximum atomic E-state index is 11.2. The van der Waals surface area contributed by atoms with Gasteiger partial charge in [0.2, 0.25) is 0 Å². The van der Waals surface area contributed by atoms with Crippen LogP contribution in [0.15, 0.2) is 11.6 Å². The number of hydrogen-bond acceptors (Lipinski definition) is 4. The third-order valence-electron chi connectivity index (χ3n) is 2.27. The molecule has 0 aliphatic heterocycles. The van der Waals surface area contributed by atoms with Crippen molar-refractivity contribution in [1.29, 1.82) is 0 Å². The van der Waals surface area contributed by atoms with E-state index in [0.717, 1.165) is 22.8 Å². The van der Waals surface area contributed by atoms with Gasteiger partial charge >= 0.3 is 5.97 Å². The maximum Gasteiger partial charge on any atom is 0.306 e. The summed E-state index contributed by atoms with van der Waals surface area (Å²) in [6, 6.07) is 0. The monoisotopic (exact) mass is 238 g/mol. The van der Waals surface area contributed by atoms with Gasteiger partial charge in [-0.15, -0.1) is 11.3 Å². The molecule has 0 atom stereocenters. The second-order valence-electron chi connectivity index (χ2n) is 3.67. The van der Waals surface area contributed by atoms with Gasteiger partial charge in [0.05, 0.1) is 5.69 Å². The summed E-state index contributed by atoms with van der Waals surface area (Å²) in [4.78, 5) is 16.5. The molecule has 2 aromatic heterocycles. The van der Waals surface area contributed by atoms with E-state index in [-0.39, 0.29) is 12.6 Å². The van der Waals surface area contributed by atoms with Gasteiger partial charge in [-0.1, -0.05) is 6.92 Å². The van der Waals surface area contributed by atoms with E-state index in [2.05, 4.69) is 10.4 Å². The van der Waals surface area contributed by atoms with E-state index in [1.165, 1.54) is 0 Å². The molecule has 2 heterocycles. The zero-order valence-electron chi connectivity index (χ0n) is 9.40. The van der Waals surface area contributed by atoms with Crippen molar-refractivity contribution in [3.05, 3.63) is 23.0 Å². The van der Waals surface area contributed by atoms with Crippen LogP contribution >= 0.6 is 11.3 Å². The number of thiazole rings is 1. The minimum absolute atomic E-state index is 0.157. The number of aryl methyl sites for hydroxylation is 1. The fraction of sp³-hybridized carbons (Fsp3) is 0.455. The molecule has 0 N–H and O–H groups in total. The van der Waals surface area contributed by atoms with E-state index >= 15 is 0 Å². The minimum Gasteiger partial charge on any atom is -0.459 e. The lowest BCUT2D eigenvalue weighted by atomic mass is 10.3. The van der Waals surface area contributed by atoms with Crippen LogP contribution in [0.2, 0.25) is 0 Å². The highest BCUT2D eigenvalue weighted by molar-refractivity contribution is 7.15. The van der Waals surface area contributed by atoms with Crippen molar-refractivity contribution in [2.75, 3.05) is 0 Å². The van der Waals surface area contributed by atoms with Gasteiger partial charge < -0.3 is 4.74 Å². The predicted octanol–water partition coefficient (Wildman–Crippen LogP) is 2.55. The number of hydrogen-bond donors (Lipinski definition) is 0. The van der Waals surface area contributed by atoms with Gasteiger partial charge in [-0.25, -0.2) is 4.98 Å². The van der Waals surface area contributed by atoms with E-state index in [1.54, 1.807) is 11.3 Å². The highest BCUT2D eigenvalue weighted by Crippen LogP contribution is 2.16. The first kappa shape index (κ1) is 11.1. The van der Waals surface area contributed by atoms with Crippen LogP contribution in [0.25, 0.3) is 4.96 Å². The molecule has 2 rings (SSSR count). The summed E-state index contributed by atoms with van der Waals surface area (Å²) in [6.07, 6.45) is 3.21. The van der Waals surface area contributed by atoms with Crippen LogP contribution < -0.4 is 0 Å². The molecule has 0 saturated heterocycles. The molecule has 0 amide bonds. The number of carbonyl (C=O) groups is 1. The van der Waals surface area contributed by atoms with Crippen LogP contribution in [0.5, 0.6) is 0 Å². The lowest BCUT2D eigenvalue weighted by molar-refractivity contribution is -0.145. The number of imidazole rings is 1. The molecule has 86 valence electrons. The molecule has 0 fully saturated rings. The molecular formula is C11H14N2O2S. The third kappa shape index (κ3) is 2.24. The van der Waals surface area contributed by atoms with Gasteiger partial charge in [0.25, 0.3) is 0 Å². The van der Waals surface area contributed by atoms with Crippen molar-refractivity contribution in [3.8, 4) is 0 Å². The lowest BCUT2D eigenvalue weighted by Gasteiger charge is -2.00. The summed E-state index contributed by atoms with van der Waals surface area (Å²) in [7, 11) is 0. The first-order valence-electron chi connectivity index (χ1n) is 5.28. The smallest absolute Gasteiger partial charge is 0.306 e. The largest absolute Gasteiger partial charge is 0.459 e. The average Bonchev–Trinajstić information content (AvgIpc) is 2.79. The summed E-state index contributed by atoms with van der Waals surface area (Å²) in [5, 5.41) is 2.05. The number of esters is 1. The molecule has 0 aliphatic rings. The Bertz CT molecular complexity index is 501. The van der Waals surface area contributed by atoms with Gasteiger partial charge in [0.1, 0.15) is 6.61 Å². The Hall–Kier alpha value is -1.36. The van der Waals surface area contributed by atoms with Crippen molar-refractivity contribution >= 4 is 22.3 Å². The Morgan fingerprint density at radius 2 is 2.44 bits per heavy atom. The van der Waals surface area contributed by atoms with E-state index in [4.69, 9.17) is 4.74 Å². The van der Waals surface area contributed by atoms with Crippen LogP contribution in [0, 0.1) is 6.92 Å². The van der Waals surface area contributed by atoms with Crippen molar-refractivity contribution in [3.63, 3.8) is 0 Å². The zero-order chi connectivity index (χ0) is 11.5. The molecule has 0 aromatic carbocycles. The van der Waals surface area contributed by atoms with Crippen LogP contribution in [-0.2, 0) is 16.1 Å². The SMILES string of the molecule is CCCC(=O)OCc1cn2c(C)csc2n1. The number of ether oxygens (including phenoxy) is 1. The maximum absolute atomic E-state index is 11.2. The summed E-state index contributed by atoms with van der Waals surface area (Å²) in [6.45, 7) is 4.25. The van der Waals surface area contributed by atoms with Crippen molar-refractivity contribution in [1.82, 2.24) is 9.38 Å². The molecule has 2 aromatic rings. The van der Waals surface area contributed by atoms with E-state index in [0.29, 0.717) is 6.42 Å². The Balaban J connectivity index is 2.02. The molecular weight excluding hydrogens is 224 g/mol. The summed E-state index contributed by atoms with van der Waals surface area (Å²) >= 11 is 1.59. The van der Waals surface area contributed by atoms with Gasteiger partial charge in [-0.05, 0) is 13.3 Å². The summed E-state index contributed by atoms with van der Waals surface area (Å²) in [5.41, 5.74) is 1.96. The molecule has 0 bridgehead atoms. The van der Waals surface area contributed by atoms with Gasteiger partial charge in [-0.2, -0.15) is 0 Å².